The quantitative estimate of drug-likeness (QED) is 0.895. The predicted molar refractivity (Wildman–Crippen MR) is 74.6 cm³/mol. The van der Waals surface area contributed by atoms with Crippen molar-refractivity contribution >= 4 is 17.5 Å². The first-order valence-electron chi connectivity index (χ1n) is 6.53. The monoisotopic (exact) mass is 272 g/mol. The highest BCUT2D eigenvalue weighted by molar-refractivity contribution is 5.99. The Balaban J connectivity index is 1.68. The average molecular weight is 272 g/mol. The first kappa shape index (κ1) is 12.6. The van der Waals surface area contributed by atoms with Gasteiger partial charge in [0.15, 0.2) is 5.82 Å². The number of nitrogens with zero attached hydrogens (tertiary/aromatic N) is 4. The summed E-state index contributed by atoms with van der Waals surface area (Å²) in [5.74, 6) is 0.932. The standard InChI is InChI=1S/C13H16N6O/c1-8-3-6-11(18-17-8)16-13(20)15-10-7-14-19(2)12(10)9-4-5-9/h3,6-7,9H,4-5H2,1-2H3,(H2,15,16,18,20). The third-order valence-corrected chi connectivity index (χ3v) is 3.24. The van der Waals surface area contributed by atoms with E-state index in [4.69, 9.17) is 0 Å². The van der Waals surface area contributed by atoms with Crippen LogP contribution in [0.15, 0.2) is 18.3 Å². The molecule has 2 aromatic rings. The Morgan fingerprint density at radius 3 is 2.75 bits per heavy atom. The van der Waals surface area contributed by atoms with Gasteiger partial charge in [-0.2, -0.15) is 10.2 Å². The van der Waals surface area contributed by atoms with Crippen molar-refractivity contribution in [3.63, 3.8) is 0 Å². The Kier molecular flexibility index (Phi) is 3.09. The van der Waals surface area contributed by atoms with Gasteiger partial charge in [0.1, 0.15) is 0 Å². The van der Waals surface area contributed by atoms with Crippen LogP contribution in [0, 0.1) is 6.92 Å². The number of carbonyl (C=O) groups excluding carboxylic acids is 1. The van der Waals surface area contributed by atoms with Crippen molar-refractivity contribution in [2.45, 2.75) is 25.7 Å². The molecule has 20 heavy (non-hydrogen) atoms. The Morgan fingerprint density at radius 2 is 2.10 bits per heavy atom. The molecule has 7 heteroatoms. The summed E-state index contributed by atoms with van der Waals surface area (Å²) in [7, 11) is 1.89. The molecule has 2 N–H and O–H groups in total. The van der Waals surface area contributed by atoms with Crippen LogP contribution in [0.2, 0.25) is 0 Å². The van der Waals surface area contributed by atoms with Crippen molar-refractivity contribution in [1.29, 1.82) is 0 Å². The van der Waals surface area contributed by atoms with E-state index in [0.717, 1.165) is 29.9 Å². The Labute approximate surface area is 116 Å². The van der Waals surface area contributed by atoms with E-state index in [1.165, 1.54) is 0 Å². The number of hydrogen-bond donors (Lipinski definition) is 2. The second-order valence-corrected chi connectivity index (χ2v) is 4.98. The molecule has 2 aromatic heterocycles. The van der Waals surface area contributed by atoms with Crippen LogP contribution >= 0.6 is 0 Å². The summed E-state index contributed by atoms with van der Waals surface area (Å²) in [5.41, 5.74) is 2.64. The number of amides is 2. The van der Waals surface area contributed by atoms with Crippen molar-refractivity contribution in [1.82, 2.24) is 20.0 Å². The molecule has 0 aliphatic heterocycles. The summed E-state index contributed by atoms with van der Waals surface area (Å²) in [4.78, 5) is 11.9. The van der Waals surface area contributed by atoms with Crippen molar-refractivity contribution in [2.24, 2.45) is 7.05 Å². The molecule has 2 amide bonds. The molecule has 104 valence electrons. The lowest BCUT2D eigenvalue weighted by Crippen LogP contribution is -2.21. The first-order valence-corrected chi connectivity index (χ1v) is 6.53. The van der Waals surface area contributed by atoms with Gasteiger partial charge in [-0.3, -0.25) is 10.00 Å². The molecule has 2 heterocycles. The second kappa shape index (κ2) is 4.92. The number of urea groups is 1. The number of aryl methyl sites for hydroxylation is 2. The van der Waals surface area contributed by atoms with Crippen LogP contribution in [0.25, 0.3) is 0 Å². The Hall–Kier alpha value is -2.44. The summed E-state index contributed by atoms with van der Waals surface area (Å²) in [6, 6.07) is 3.17. The fraction of sp³-hybridized carbons (Fsp3) is 0.385. The molecule has 1 saturated carbocycles. The van der Waals surface area contributed by atoms with Gasteiger partial charge >= 0.3 is 6.03 Å². The molecular weight excluding hydrogens is 256 g/mol. The SMILES string of the molecule is Cc1ccc(NC(=O)Nc2cnn(C)c2C2CC2)nn1. The van der Waals surface area contributed by atoms with E-state index in [0.29, 0.717) is 11.7 Å². The van der Waals surface area contributed by atoms with Gasteiger partial charge in [0.25, 0.3) is 0 Å². The van der Waals surface area contributed by atoms with Crippen molar-refractivity contribution < 1.29 is 4.79 Å². The summed E-state index contributed by atoms with van der Waals surface area (Å²) < 4.78 is 1.82. The van der Waals surface area contributed by atoms with E-state index < -0.39 is 0 Å². The van der Waals surface area contributed by atoms with Crippen LogP contribution in [0.3, 0.4) is 0 Å². The van der Waals surface area contributed by atoms with Crippen LogP contribution in [0.1, 0.15) is 30.1 Å². The van der Waals surface area contributed by atoms with Crippen LogP contribution in [-0.4, -0.2) is 26.0 Å². The minimum absolute atomic E-state index is 0.335. The van der Waals surface area contributed by atoms with Gasteiger partial charge in [0, 0.05) is 13.0 Å². The maximum atomic E-state index is 11.9. The van der Waals surface area contributed by atoms with Crippen LogP contribution in [0.4, 0.5) is 16.3 Å². The molecule has 0 radical (unpaired) electrons. The van der Waals surface area contributed by atoms with E-state index in [9.17, 15) is 4.79 Å². The highest BCUT2D eigenvalue weighted by Crippen LogP contribution is 2.43. The normalized spacial score (nSPS) is 14.1. The zero-order valence-electron chi connectivity index (χ0n) is 11.4. The molecular formula is C13H16N6O. The van der Waals surface area contributed by atoms with Crippen LogP contribution in [-0.2, 0) is 7.05 Å². The van der Waals surface area contributed by atoms with Gasteiger partial charge in [0.05, 0.1) is 23.3 Å². The number of carbonyl (C=O) groups is 1. The van der Waals surface area contributed by atoms with Crippen molar-refractivity contribution in [3.05, 3.63) is 29.7 Å². The van der Waals surface area contributed by atoms with E-state index in [1.54, 1.807) is 18.3 Å². The number of aromatic nitrogens is 4. The molecule has 3 rings (SSSR count). The number of anilines is 2. The lowest BCUT2D eigenvalue weighted by Gasteiger charge is -2.07. The Morgan fingerprint density at radius 1 is 1.30 bits per heavy atom. The fourth-order valence-electron chi connectivity index (χ4n) is 2.12. The summed E-state index contributed by atoms with van der Waals surface area (Å²) >= 11 is 0. The number of hydrogen-bond acceptors (Lipinski definition) is 4. The lowest BCUT2D eigenvalue weighted by atomic mass is 10.2. The molecule has 1 fully saturated rings. The zero-order valence-corrected chi connectivity index (χ0v) is 11.4. The van der Waals surface area contributed by atoms with Crippen molar-refractivity contribution in [3.8, 4) is 0 Å². The number of nitrogens with one attached hydrogen (secondary N) is 2. The Bertz CT molecular complexity index is 629. The topological polar surface area (TPSA) is 84.7 Å². The van der Waals surface area contributed by atoms with Crippen LogP contribution < -0.4 is 10.6 Å². The van der Waals surface area contributed by atoms with E-state index in [-0.39, 0.29) is 6.03 Å². The highest BCUT2D eigenvalue weighted by atomic mass is 16.2. The van der Waals surface area contributed by atoms with Gasteiger partial charge in [-0.15, -0.1) is 5.10 Å². The van der Waals surface area contributed by atoms with Gasteiger partial charge in [-0.25, -0.2) is 4.79 Å². The van der Waals surface area contributed by atoms with Crippen LogP contribution in [0.5, 0.6) is 0 Å². The molecule has 0 atom stereocenters. The second-order valence-electron chi connectivity index (χ2n) is 4.98. The summed E-state index contributed by atoms with van der Waals surface area (Å²) in [5, 5.41) is 17.4. The maximum Gasteiger partial charge on any atom is 0.324 e. The zero-order chi connectivity index (χ0) is 14.1. The largest absolute Gasteiger partial charge is 0.324 e. The molecule has 0 saturated heterocycles. The third-order valence-electron chi connectivity index (χ3n) is 3.24. The van der Waals surface area contributed by atoms with E-state index in [2.05, 4.69) is 25.9 Å². The van der Waals surface area contributed by atoms with E-state index in [1.807, 2.05) is 18.7 Å². The van der Waals surface area contributed by atoms with E-state index >= 15 is 0 Å². The summed E-state index contributed by atoms with van der Waals surface area (Å²) in [6.45, 7) is 1.84. The van der Waals surface area contributed by atoms with Gasteiger partial charge < -0.3 is 5.32 Å². The maximum absolute atomic E-state index is 11.9. The third kappa shape index (κ3) is 2.61. The lowest BCUT2D eigenvalue weighted by molar-refractivity contribution is 0.262. The van der Waals surface area contributed by atoms with Crippen molar-refractivity contribution in [2.75, 3.05) is 10.6 Å². The minimum atomic E-state index is -0.335. The molecule has 7 nitrogen and oxygen atoms in total. The molecule has 1 aliphatic rings. The number of rotatable bonds is 3. The van der Waals surface area contributed by atoms with Gasteiger partial charge in [-0.05, 0) is 31.9 Å². The predicted octanol–water partition coefficient (Wildman–Crippen LogP) is 2.04. The molecule has 0 bridgehead atoms. The summed E-state index contributed by atoms with van der Waals surface area (Å²) in [6.07, 6.45) is 3.98. The fourth-order valence-corrected chi connectivity index (χ4v) is 2.12. The van der Waals surface area contributed by atoms with Gasteiger partial charge in [-0.1, -0.05) is 0 Å². The van der Waals surface area contributed by atoms with Gasteiger partial charge in [0.2, 0.25) is 0 Å². The molecule has 0 unspecified atom stereocenters. The first-order chi connectivity index (χ1) is 9.63. The minimum Gasteiger partial charge on any atom is -0.305 e. The molecule has 0 aromatic carbocycles. The molecule has 1 aliphatic carbocycles. The smallest absolute Gasteiger partial charge is 0.305 e. The molecule has 0 spiro atoms. The average Bonchev–Trinajstić information content (AvgIpc) is 3.18. The highest BCUT2D eigenvalue weighted by Gasteiger charge is 2.30.